The van der Waals surface area contributed by atoms with E-state index < -0.39 is 10.0 Å². The third kappa shape index (κ3) is 4.02. The van der Waals surface area contributed by atoms with Crippen molar-refractivity contribution in [1.29, 1.82) is 5.26 Å². The van der Waals surface area contributed by atoms with Crippen molar-refractivity contribution in [3.63, 3.8) is 0 Å². The average Bonchev–Trinajstić information content (AvgIpc) is 2.61. The first kappa shape index (κ1) is 17.7. The van der Waals surface area contributed by atoms with Gasteiger partial charge in [0, 0.05) is 13.6 Å². The van der Waals surface area contributed by atoms with Crippen molar-refractivity contribution >= 4 is 10.0 Å². The zero-order chi connectivity index (χ0) is 17.6. The maximum atomic E-state index is 12.7. The van der Waals surface area contributed by atoms with Crippen LogP contribution in [0.3, 0.4) is 0 Å². The molecule has 0 bridgehead atoms. The molecular weight excluding hydrogens is 324 g/mol. The molecule has 0 unspecified atom stereocenters. The lowest BCUT2D eigenvalue weighted by molar-refractivity contribution is 0.363. The SMILES string of the molecule is C=CCOc1ccc(CN(C)S(=O)(=O)c2ccccc2C#N)cc1. The van der Waals surface area contributed by atoms with Gasteiger partial charge in [0.15, 0.2) is 0 Å². The van der Waals surface area contributed by atoms with Gasteiger partial charge in [0.05, 0.1) is 10.5 Å². The van der Waals surface area contributed by atoms with Gasteiger partial charge in [0.25, 0.3) is 0 Å². The molecule has 0 N–H and O–H groups in total. The van der Waals surface area contributed by atoms with Gasteiger partial charge in [0.2, 0.25) is 10.0 Å². The van der Waals surface area contributed by atoms with E-state index in [4.69, 9.17) is 10.00 Å². The smallest absolute Gasteiger partial charge is 0.244 e. The summed E-state index contributed by atoms with van der Waals surface area (Å²) >= 11 is 0. The van der Waals surface area contributed by atoms with E-state index >= 15 is 0 Å². The number of hydrogen-bond donors (Lipinski definition) is 0. The molecule has 2 rings (SSSR count). The standard InChI is InChI=1S/C18H18N2O3S/c1-3-12-23-17-10-8-15(9-11-17)14-20(2)24(21,22)18-7-5-4-6-16(18)13-19/h3-11H,1,12,14H2,2H3. The Kier molecular flexibility index (Phi) is 5.74. The van der Waals surface area contributed by atoms with Gasteiger partial charge in [-0.2, -0.15) is 9.57 Å². The highest BCUT2D eigenvalue weighted by Gasteiger charge is 2.23. The summed E-state index contributed by atoms with van der Waals surface area (Å²) in [5.74, 6) is 0.694. The second kappa shape index (κ2) is 7.77. The first-order valence-electron chi connectivity index (χ1n) is 7.27. The fourth-order valence-electron chi connectivity index (χ4n) is 2.14. The first-order valence-corrected chi connectivity index (χ1v) is 8.71. The minimum atomic E-state index is -3.74. The second-order valence-corrected chi connectivity index (χ2v) is 7.13. The minimum Gasteiger partial charge on any atom is -0.490 e. The van der Waals surface area contributed by atoms with Crippen LogP contribution in [0.1, 0.15) is 11.1 Å². The van der Waals surface area contributed by atoms with Gasteiger partial charge in [-0.1, -0.05) is 36.9 Å². The molecule has 0 aliphatic heterocycles. The molecule has 0 aromatic heterocycles. The summed E-state index contributed by atoms with van der Waals surface area (Å²) < 4.78 is 31.9. The van der Waals surface area contributed by atoms with E-state index in [1.54, 1.807) is 42.5 Å². The molecule has 0 atom stereocenters. The Labute approximate surface area is 142 Å². The Bertz CT molecular complexity index is 853. The van der Waals surface area contributed by atoms with Crippen molar-refractivity contribution in [3.8, 4) is 11.8 Å². The number of nitrogens with zero attached hydrogens (tertiary/aromatic N) is 2. The lowest BCUT2D eigenvalue weighted by atomic mass is 10.2. The topological polar surface area (TPSA) is 70.4 Å². The van der Waals surface area contributed by atoms with Crippen LogP contribution in [-0.2, 0) is 16.6 Å². The summed E-state index contributed by atoms with van der Waals surface area (Å²) in [7, 11) is -2.25. The van der Waals surface area contributed by atoms with Crippen LogP contribution < -0.4 is 4.74 Å². The van der Waals surface area contributed by atoms with Crippen LogP contribution >= 0.6 is 0 Å². The number of hydrogen-bond acceptors (Lipinski definition) is 4. The maximum absolute atomic E-state index is 12.7. The zero-order valence-electron chi connectivity index (χ0n) is 13.3. The van der Waals surface area contributed by atoms with E-state index in [0.29, 0.717) is 12.4 Å². The van der Waals surface area contributed by atoms with Gasteiger partial charge in [-0.25, -0.2) is 8.42 Å². The van der Waals surface area contributed by atoms with E-state index in [9.17, 15) is 8.42 Å². The fraction of sp³-hybridized carbons (Fsp3) is 0.167. The third-order valence-corrected chi connectivity index (χ3v) is 5.25. The molecule has 0 fully saturated rings. The summed E-state index contributed by atoms with van der Waals surface area (Å²) in [5, 5.41) is 9.10. The average molecular weight is 342 g/mol. The van der Waals surface area contributed by atoms with Gasteiger partial charge in [-0.15, -0.1) is 0 Å². The molecule has 0 aliphatic carbocycles. The summed E-state index contributed by atoms with van der Waals surface area (Å²) in [4.78, 5) is 0.0148. The maximum Gasteiger partial charge on any atom is 0.244 e. The Morgan fingerprint density at radius 3 is 2.50 bits per heavy atom. The van der Waals surface area contributed by atoms with Crippen molar-refractivity contribution in [2.45, 2.75) is 11.4 Å². The fourth-order valence-corrected chi connectivity index (χ4v) is 3.44. The Balaban J connectivity index is 2.18. The van der Waals surface area contributed by atoms with Gasteiger partial charge in [-0.05, 0) is 29.8 Å². The second-order valence-electron chi connectivity index (χ2n) is 5.11. The minimum absolute atomic E-state index is 0.0148. The molecule has 0 heterocycles. The number of ether oxygens (including phenoxy) is 1. The van der Waals surface area contributed by atoms with E-state index in [-0.39, 0.29) is 17.0 Å². The number of benzene rings is 2. The monoisotopic (exact) mass is 342 g/mol. The van der Waals surface area contributed by atoms with Gasteiger partial charge >= 0.3 is 0 Å². The van der Waals surface area contributed by atoms with Crippen LogP contribution in [0.2, 0.25) is 0 Å². The van der Waals surface area contributed by atoms with E-state index in [1.807, 2.05) is 6.07 Å². The van der Waals surface area contributed by atoms with Crippen LogP contribution in [0.25, 0.3) is 0 Å². The first-order chi connectivity index (χ1) is 11.5. The molecular formula is C18H18N2O3S. The van der Waals surface area contributed by atoms with Gasteiger partial charge in [-0.3, -0.25) is 0 Å². The molecule has 0 saturated carbocycles. The van der Waals surface area contributed by atoms with E-state index in [0.717, 1.165) is 5.56 Å². The molecule has 124 valence electrons. The molecule has 0 aliphatic rings. The predicted octanol–water partition coefficient (Wildman–Crippen LogP) is 2.94. The van der Waals surface area contributed by atoms with Crippen molar-refractivity contribution in [2.24, 2.45) is 0 Å². The molecule has 2 aromatic carbocycles. The molecule has 24 heavy (non-hydrogen) atoms. The lowest BCUT2D eigenvalue weighted by Crippen LogP contribution is -2.27. The summed E-state index contributed by atoms with van der Waals surface area (Å²) in [6.45, 7) is 4.19. The van der Waals surface area contributed by atoms with E-state index in [2.05, 4.69) is 6.58 Å². The van der Waals surface area contributed by atoms with Crippen molar-refractivity contribution in [2.75, 3.05) is 13.7 Å². The van der Waals surface area contributed by atoms with Crippen molar-refractivity contribution in [1.82, 2.24) is 4.31 Å². The highest BCUT2D eigenvalue weighted by atomic mass is 32.2. The molecule has 0 radical (unpaired) electrons. The van der Waals surface area contributed by atoms with E-state index in [1.165, 1.54) is 23.5 Å². The highest BCUT2D eigenvalue weighted by molar-refractivity contribution is 7.89. The summed E-state index contributed by atoms with van der Waals surface area (Å²) in [5.41, 5.74) is 0.957. The summed E-state index contributed by atoms with van der Waals surface area (Å²) in [6.07, 6.45) is 1.65. The van der Waals surface area contributed by atoms with Crippen LogP contribution in [-0.4, -0.2) is 26.4 Å². The molecule has 0 saturated heterocycles. The van der Waals surface area contributed by atoms with Crippen LogP contribution in [0.15, 0.2) is 66.1 Å². The third-order valence-electron chi connectivity index (χ3n) is 3.39. The van der Waals surface area contributed by atoms with Gasteiger partial charge in [0.1, 0.15) is 18.4 Å². The molecule has 6 heteroatoms. The number of sulfonamides is 1. The molecule has 0 amide bonds. The van der Waals surface area contributed by atoms with Crippen LogP contribution in [0.5, 0.6) is 5.75 Å². The molecule has 2 aromatic rings. The number of rotatable bonds is 7. The highest BCUT2D eigenvalue weighted by Crippen LogP contribution is 2.21. The Hall–Kier alpha value is -2.62. The van der Waals surface area contributed by atoms with Crippen molar-refractivity contribution < 1.29 is 13.2 Å². The zero-order valence-corrected chi connectivity index (χ0v) is 14.2. The quantitative estimate of drug-likeness (QED) is 0.725. The van der Waals surface area contributed by atoms with Crippen molar-refractivity contribution in [3.05, 3.63) is 72.3 Å². The predicted molar refractivity (Wildman–Crippen MR) is 91.9 cm³/mol. The normalized spacial score (nSPS) is 11.0. The largest absolute Gasteiger partial charge is 0.490 e. The molecule has 5 nitrogen and oxygen atoms in total. The Morgan fingerprint density at radius 1 is 1.21 bits per heavy atom. The van der Waals surface area contributed by atoms with Crippen LogP contribution in [0, 0.1) is 11.3 Å². The molecule has 0 spiro atoms. The summed E-state index contributed by atoms with van der Waals surface area (Å²) in [6, 6.07) is 15.3. The Morgan fingerprint density at radius 2 is 1.88 bits per heavy atom. The van der Waals surface area contributed by atoms with Gasteiger partial charge < -0.3 is 4.74 Å². The lowest BCUT2D eigenvalue weighted by Gasteiger charge is -2.18. The van der Waals surface area contributed by atoms with Crippen LogP contribution in [0.4, 0.5) is 0 Å². The number of nitriles is 1.